The summed E-state index contributed by atoms with van der Waals surface area (Å²) in [5.41, 5.74) is 6.88. The van der Waals surface area contributed by atoms with Gasteiger partial charge in [-0.2, -0.15) is 5.53 Å². The average molecular weight is 194 g/mol. The van der Waals surface area contributed by atoms with Crippen LogP contribution in [0.2, 0.25) is 0 Å². The van der Waals surface area contributed by atoms with Crippen molar-refractivity contribution in [3.8, 4) is 0 Å². The molecular formula is C9H8ClN3. The third-order valence-corrected chi connectivity index (χ3v) is 1.74. The van der Waals surface area contributed by atoms with E-state index < -0.39 is 0 Å². The van der Waals surface area contributed by atoms with Gasteiger partial charge in [0.2, 0.25) is 0 Å². The van der Waals surface area contributed by atoms with E-state index in [1.165, 1.54) is 0 Å². The van der Waals surface area contributed by atoms with Crippen molar-refractivity contribution in [1.29, 1.82) is 0 Å². The van der Waals surface area contributed by atoms with Crippen molar-refractivity contribution >= 4 is 16.6 Å². The zero-order valence-corrected chi connectivity index (χ0v) is 7.57. The molecule has 0 amide bonds. The molecule has 0 radical (unpaired) electrons. The van der Waals surface area contributed by atoms with Crippen LogP contribution in [0, 0.1) is 0 Å². The largest absolute Gasteiger partial charge is 1.00 e. The maximum absolute atomic E-state index is 5.15. The quantitative estimate of drug-likeness (QED) is 0.528. The summed E-state index contributed by atoms with van der Waals surface area (Å²) < 4.78 is 0. The number of nitrogens with two attached hydrogens (primary N) is 1. The lowest BCUT2D eigenvalue weighted by Gasteiger charge is -1.94. The third-order valence-electron chi connectivity index (χ3n) is 1.74. The van der Waals surface area contributed by atoms with Gasteiger partial charge in [-0.1, -0.05) is 6.07 Å². The van der Waals surface area contributed by atoms with Crippen molar-refractivity contribution < 1.29 is 17.9 Å². The van der Waals surface area contributed by atoms with E-state index >= 15 is 0 Å². The minimum atomic E-state index is 0. The summed E-state index contributed by atoms with van der Waals surface area (Å²) in [6, 6.07) is 9.53. The average Bonchev–Trinajstić information content (AvgIpc) is 2.17. The van der Waals surface area contributed by atoms with Crippen molar-refractivity contribution in [3.63, 3.8) is 0 Å². The van der Waals surface area contributed by atoms with E-state index in [4.69, 9.17) is 5.53 Å². The van der Waals surface area contributed by atoms with E-state index in [9.17, 15) is 0 Å². The number of aromatic nitrogens is 1. The van der Waals surface area contributed by atoms with Gasteiger partial charge in [0.15, 0.2) is 0 Å². The summed E-state index contributed by atoms with van der Waals surface area (Å²) in [6.45, 7) is 0. The Balaban J connectivity index is 0.000000845. The molecule has 2 N–H and O–H groups in total. The molecule has 0 atom stereocenters. The highest BCUT2D eigenvalue weighted by molar-refractivity contribution is 5.81. The molecule has 13 heavy (non-hydrogen) atoms. The van der Waals surface area contributed by atoms with E-state index in [1.54, 1.807) is 6.20 Å². The van der Waals surface area contributed by atoms with Crippen LogP contribution in [0.3, 0.4) is 0 Å². The van der Waals surface area contributed by atoms with Crippen LogP contribution >= 0.6 is 0 Å². The lowest BCUT2D eigenvalue weighted by Crippen LogP contribution is -3.00. The van der Waals surface area contributed by atoms with Crippen LogP contribution in [-0.4, -0.2) is 4.98 Å². The zero-order valence-electron chi connectivity index (χ0n) is 6.81. The molecule has 0 bridgehead atoms. The molecule has 0 aliphatic heterocycles. The molecule has 0 saturated heterocycles. The molecule has 2 rings (SSSR count). The minimum Gasteiger partial charge on any atom is -1.00 e. The summed E-state index contributed by atoms with van der Waals surface area (Å²) in [5, 5.41) is 4.65. The highest BCUT2D eigenvalue weighted by Gasteiger charge is 1.95. The van der Waals surface area contributed by atoms with Gasteiger partial charge in [0, 0.05) is 11.6 Å². The van der Waals surface area contributed by atoms with Gasteiger partial charge in [-0.25, -0.2) is 0 Å². The van der Waals surface area contributed by atoms with Crippen molar-refractivity contribution in [2.75, 3.05) is 0 Å². The number of fused-ring (bicyclic) bond motifs is 1. The second-order valence-corrected chi connectivity index (χ2v) is 2.51. The first kappa shape index (κ1) is 9.61. The molecule has 0 saturated carbocycles. The Morgan fingerprint density at radius 2 is 2.08 bits per heavy atom. The van der Waals surface area contributed by atoms with Crippen molar-refractivity contribution in [1.82, 2.24) is 4.98 Å². The summed E-state index contributed by atoms with van der Waals surface area (Å²) in [5.74, 6) is 0. The van der Waals surface area contributed by atoms with E-state index in [0.717, 1.165) is 16.6 Å². The lowest BCUT2D eigenvalue weighted by atomic mass is 10.2. The Morgan fingerprint density at radius 1 is 1.23 bits per heavy atom. The first-order valence-electron chi connectivity index (χ1n) is 3.66. The lowest BCUT2D eigenvalue weighted by molar-refractivity contribution is -0.210. The summed E-state index contributed by atoms with van der Waals surface area (Å²) >= 11 is 0. The molecule has 0 unspecified atom stereocenters. The highest BCUT2D eigenvalue weighted by Crippen LogP contribution is 2.17. The van der Waals surface area contributed by atoms with Gasteiger partial charge >= 0.3 is 0 Å². The fourth-order valence-electron chi connectivity index (χ4n) is 1.14. The molecule has 0 fully saturated rings. The molecule has 4 heteroatoms. The summed E-state index contributed by atoms with van der Waals surface area (Å²) in [4.78, 5) is 4.17. The molecule has 1 heterocycles. The molecule has 3 nitrogen and oxygen atoms in total. The van der Waals surface area contributed by atoms with Gasteiger partial charge < -0.3 is 12.4 Å². The van der Waals surface area contributed by atoms with E-state index in [-0.39, 0.29) is 12.4 Å². The fraction of sp³-hybridized carbons (Fsp3) is 0. The van der Waals surface area contributed by atoms with Gasteiger partial charge in [0.25, 0.3) is 0 Å². The molecule has 0 spiro atoms. The predicted octanol–water partition coefficient (Wildman–Crippen LogP) is -1.92. The van der Waals surface area contributed by atoms with Crippen LogP contribution in [0.15, 0.2) is 41.6 Å². The van der Waals surface area contributed by atoms with Crippen LogP contribution in [0.5, 0.6) is 0 Å². The second-order valence-electron chi connectivity index (χ2n) is 2.51. The van der Waals surface area contributed by atoms with Crippen LogP contribution < -0.4 is 17.9 Å². The second kappa shape index (κ2) is 3.96. The molecule has 2 aromatic rings. The molecule has 0 aliphatic rings. The monoisotopic (exact) mass is 193 g/mol. The Morgan fingerprint density at radius 3 is 2.85 bits per heavy atom. The van der Waals surface area contributed by atoms with Crippen LogP contribution in [-0.2, 0) is 0 Å². The fourth-order valence-corrected chi connectivity index (χ4v) is 1.14. The smallest absolute Gasteiger partial charge is 0.130 e. The number of halogens is 1. The first-order valence-corrected chi connectivity index (χ1v) is 3.66. The maximum Gasteiger partial charge on any atom is 0.130 e. The van der Waals surface area contributed by atoms with Crippen molar-refractivity contribution in [3.05, 3.63) is 36.5 Å². The number of benzene rings is 1. The standard InChI is InChI=1S/C9H7N3.ClH/c10-12-8-3-4-9-7(6-8)2-1-5-11-9;/h1-6,10H;1H. The number of nitrogens with zero attached hydrogens (tertiary/aromatic N) is 2. The Bertz CT molecular complexity index is 428. The van der Waals surface area contributed by atoms with Crippen molar-refractivity contribution in [2.45, 2.75) is 0 Å². The first-order chi connectivity index (χ1) is 5.90. The molecule has 1 aromatic carbocycles. The predicted molar refractivity (Wildman–Crippen MR) is 45.8 cm³/mol. The molecule has 1 aromatic heterocycles. The number of hydrogen-bond acceptors (Lipinski definition) is 2. The Labute approximate surface area is 81.7 Å². The molecule has 66 valence electrons. The van der Waals surface area contributed by atoms with Gasteiger partial charge in [-0.15, -0.1) is 0 Å². The van der Waals surface area contributed by atoms with Crippen LogP contribution in [0.25, 0.3) is 10.9 Å². The zero-order chi connectivity index (χ0) is 8.39. The summed E-state index contributed by atoms with van der Waals surface area (Å²) in [6.07, 6.45) is 1.77. The van der Waals surface area contributed by atoms with Gasteiger partial charge in [0.05, 0.1) is 5.52 Å². The number of pyridine rings is 1. The van der Waals surface area contributed by atoms with Gasteiger partial charge in [-0.3, -0.25) is 4.98 Å². The van der Waals surface area contributed by atoms with Crippen molar-refractivity contribution in [2.24, 2.45) is 5.11 Å². The van der Waals surface area contributed by atoms with Gasteiger partial charge in [-0.05, 0) is 29.4 Å². The number of rotatable bonds is 1. The van der Waals surface area contributed by atoms with Crippen LogP contribution in [0.1, 0.15) is 0 Å². The Hall–Kier alpha value is -1.48. The van der Waals surface area contributed by atoms with Gasteiger partial charge in [0.1, 0.15) is 5.69 Å². The summed E-state index contributed by atoms with van der Waals surface area (Å²) in [7, 11) is 0. The van der Waals surface area contributed by atoms with E-state index in [0.29, 0.717) is 0 Å². The minimum absolute atomic E-state index is 0. The highest BCUT2D eigenvalue weighted by atomic mass is 35.5. The SMILES string of the molecule is [Cl-].[NH2+]=Nc1ccc2ncccc2c1. The van der Waals surface area contributed by atoms with Crippen LogP contribution in [0.4, 0.5) is 5.69 Å². The van der Waals surface area contributed by atoms with E-state index in [2.05, 4.69) is 10.1 Å². The van der Waals surface area contributed by atoms with E-state index in [1.807, 2.05) is 30.3 Å². The molecular weight excluding hydrogens is 186 g/mol. The Kier molecular flexibility index (Phi) is 2.93. The maximum atomic E-state index is 5.15. The number of hydrogen-bond donors (Lipinski definition) is 1. The molecule has 0 aliphatic carbocycles. The topological polar surface area (TPSA) is 50.8 Å². The normalized spacial score (nSPS) is 9.23. The third kappa shape index (κ3) is 1.81.